The minimum atomic E-state index is 0.110. The largest absolute Gasteiger partial charge is 0.337 e. The van der Waals surface area contributed by atoms with Crippen molar-refractivity contribution in [2.75, 3.05) is 13.1 Å². The maximum Gasteiger partial charge on any atom is 0.271 e. The van der Waals surface area contributed by atoms with Gasteiger partial charge in [0.1, 0.15) is 5.69 Å². The predicted molar refractivity (Wildman–Crippen MR) is 101 cm³/mol. The standard InChI is InChI=1S/C20H20N4OS/c25-20-17-5-3-8-23(17)18-12-22(10-15-6-9-26-14-15)13-19(18)24(20)11-16-4-1-2-7-21-16/h1-9,14,18-19H,10-13H2. The van der Waals surface area contributed by atoms with Crippen LogP contribution in [0.5, 0.6) is 0 Å². The highest BCUT2D eigenvalue weighted by atomic mass is 32.1. The molecule has 0 bridgehead atoms. The molecule has 3 aromatic rings. The van der Waals surface area contributed by atoms with Crippen molar-refractivity contribution in [2.45, 2.75) is 25.2 Å². The van der Waals surface area contributed by atoms with Gasteiger partial charge in [0.25, 0.3) is 5.91 Å². The van der Waals surface area contributed by atoms with Gasteiger partial charge in [-0.25, -0.2) is 0 Å². The molecule has 6 heteroatoms. The zero-order valence-electron chi connectivity index (χ0n) is 14.4. The first-order chi connectivity index (χ1) is 12.8. The average Bonchev–Trinajstić information content (AvgIpc) is 3.40. The summed E-state index contributed by atoms with van der Waals surface area (Å²) in [6.07, 6.45) is 3.85. The van der Waals surface area contributed by atoms with Crippen molar-refractivity contribution in [1.82, 2.24) is 19.4 Å². The lowest BCUT2D eigenvalue weighted by molar-refractivity contribution is 0.0553. The van der Waals surface area contributed by atoms with E-state index < -0.39 is 0 Å². The molecule has 1 amide bonds. The predicted octanol–water partition coefficient (Wildman–Crippen LogP) is 3.03. The Hall–Kier alpha value is -2.44. The van der Waals surface area contributed by atoms with E-state index in [1.807, 2.05) is 35.2 Å². The van der Waals surface area contributed by atoms with Crippen LogP contribution in [0.1, 0.15) is 27.8 Å². The second-order valence-electron chi connectivity index (χ2n) is 7.02. The van der Waals surface area contributed by atoms with Crippen molar-refractivity contribution in [1.29, 1.82) is 0 Å². The maximum atomic E-state index is 13.1. The molecule has 0 radical (unpaired) electrons. The lowest BCUT2D eigenvalue weighted by Crippen LogP contribution is -2.49. The molecule has 0 aromatic carbocycles. The molecule has 2 atom stereocenters. The number of thiophene rings is 1. The molecule has 2 unspecified atom stereocenters. The van der Waals surface area contributed by atoms with Gasteiger partial charge in [0.05, 0.1) is 24.3 Å². The van der Waals surface area contributed by atoms with Gasteiger partial charge in [-0.1, -0.05) is 6.07 Å². The number of aromatic nitrogens is 2. The Balaban J connectivity index is 1.45. The third-order valence-electron chi connectivity index (χ3n) is 5.40. The van der Waals surface area contributed by atoms with Crippen LogP contribution in [-0.4, -0.2) is 44.4 Å². The summed E-state index contributed by atoms with van der Waals surface area (Å²) in [4.78, 5) is 22.0. The lowest BCUT2D eigenvalue weighted by atomic mass is 10.1. The van der Waals surface area contributed by atoms with Crippen LogP contribution in [0.15, 0.2) is 59.6 Å². The molecule has 5 nitrogen and oxygen atoms in total. The summed E-state index contributed by atoms with van der Waals surface area (Å²) < 4.78 is 2.18. The maximum absolute atomic E-state index is 13.1. The SMILES string of the molecule is O=C1c2cccn2C2CN(Cc3ccsc3)CC2N1Cc1ccccn1. The molecule has 0 saturated carbocycles. The quantitative estimate of drug-likeness (QED) is 0.715. The first kappa shape index (κ1) is 15.8. The van der Waals surface area contributed by atoms with E-state index >= 15 is 0 Å². The first-order valence-electron chi connectivity index (χ1n) is 8.91. The molecule has 1 saturated heterocycles. The van der Waals surface area contributed by atoms with E-state index in [9.17, 15) is 4.79 Å². The Kier molecular flexibility index (Phi) is 3.87. The molecule has 2 aliphatic rings. The van der Waals surface area contributed by atoms with E-state index in [4.69, 9.17) is 0 Å². The number of rotatable bonds is 4. The highest BCUT2D eigenvalue weighted by Gasteiger charge is 2.44. The van der Waals surface area contributed by atoms with Crippen molar-refractivity contribution in [3.05, 3.63) is 76.5 Å². The zero-order valence-corrected chi connectivity index (χ0v) is 15.2. The van der Waals surface area contributed by atoms with E-state index in [0.29, 0.717) is 12.6 Å². The number of amides is 1. The smallest absolute Gasteiger partial charge is 0.271 e. The highest BCUT2D eigenvalue weighted by molar-refractivity contribution is 7.07. The van der Waals surface area contributed by atoms with Crippen molar-refractivity contribution >= 4 is 17.2 Å². The highest BCUT2D eigenvalue weighted by Crippen LogP contribution is 2.35. The van der Waals surface area contributed by atoms with Gasteiger partial charge in [-0.3, -0.25) is 14.7 Å². The normalized spacial score (nSPS) is 22.5. The summed E-state index contributed by atoms with van der Waals surface area (Å²) in [7, 11) is 0. The average molecular weight is 364 g/mol. The van der Waals surface area contributed by atoms with E-state index in [0.717, 1.165) is 31.0 Å². The summed E-state index contributed by atoms with van der Waals surface area (Å²) in [6.45, 7) is 3.38. The summed E-state index contributed by atoms with van der Waals surface area (Å²) in [6, 6.07) is 12.5. The van der Waals surface area contributed by atoms with Crippen LogP contribution in [0.4, 0.5) is 0 Å². The fourth-order valence-electron chi connectivity index (χ4n) is 4.21. The number of fused-ring (bicyclic) bond motifs is 3. The third kappa shape index (κ3) is 2.66. The van der Waals surface area contributed by atoms with E-state index in [-0.39, 0.29) is 11.9 Å². The van der Waals surface area contributed by atoms with Gasteiger partial charge < -0.3 is 9.47 Å². The Morgan fingerprint density at radius 3 is 2.81 bits per heavy atom. The Labute approximate surface area is 156 Å². The molecule has 132 valence electrons. The Morgan fingerprint density at radius 1 is 1.08 bits per heavy atom. The van der Waals surface area contributed by atoms with Crippen LogP contribution in [-0.2, 0) is 13.1 Å². The van der Waals surface area contributed by atoms with Crippen molar-refractivity contribution < 1.29 is 4.79 Å². The summed E-state index contributed by atoms with van der Waals surface area (Å²) in [5, 5.41) is 4.33. The molecule has 26 heavy (non-hydrogen) atoms. The van der Waals surface area contributed by atoms with Gasteiger partial charge in [-0.15, -0.1) is 0 Å². The molecule has 5 heterocycles. The fraction of sp³-hybridized carbons (Fsp3) is 0.300. The van der Waals surface area contributed by atoms with E-state index in [1.165, 1.54) is 5.56 Å². The number of pyridine rings is 1. The topological polar surface area (TPSA) is 41.4 Å². The first-order valence-corrected chi connectivity index (χ1v) is 9.85. The number of carbonyl (C=O) groups excluding carboxylic acids is 1. The van der Waals surface area contributed by atoms with E-state index in [1.54, 1.807) is 17.5 Å². The number of hydrogen-bond donors (Lipinski definition) is 0. The number of hydrogen-bond acceptors (Lipinski definition) is 4. The van der Waals surface area contributed by atoms with Gasteiger partial charge in [-0.05, 0) is 46.7 Å². The Bertz CT molecular complexity index is 905. The molecular formula is C20H20N4OS. The minimum absolute atomic E-state index is 0.110. The molecule has 5 rings (SSSR count). The molecule has 3 aromatic heterocycles. The molecule has 0 spiro atoms. The monoisotopic (exact) mass is 364 g/mol. The molecular weight excluding hydrogens is 344 g/mol. The second-order valence-corrected chi connectivity index (χ2v) is 7.80. The number of likely N-dealkylation sites (tertiary alicyclic amines) is 1. The summed E-state index contributed by atoms with van der Waals surface area (Å²) in [5.74, 6) is 0.110. The van der Waals surface area contributed by atoms with Gasteiger partial charge in [0.15, 0.2) is 0 Å². The molecule has 0 aliphatic carbocycles. The minimum Gasteiger partial charge on any atom is -0.337 e. The van der Waals surface area contributed by atoms with Crippen LogP contribution in [0.25, 0.3) is 0 Å². The summed E-state index contributed by atoms with van der Waals surface area (Å²) in [5.41, 5.74) is 3.08. The van der Waals surface area contributed by atoms with Crippen molar-refractivity contribution in [2.24, 2.45) is 0 Å². The van der Waals surface area contributed by atoms with Crippen LogP contribution >= 0.6 is 11.3 Å². The third-order valence-corrected chi connectivity index (χ3v) is 6.13. The van der Waals surface area contributed by atoms with Crippen molar-refractivity contribution in [3.8, 4) is 0 Å². The number of nitrogens with zero attached hydrogens (tertiary/aromatic N) is 4. The second kappa shape index (κ2) is 6.37. The Morgan fingerprint density at radius 2 is 2.00 bits per heavy atom. The van der Waals surface area contributed by atoms with Crippen LogP contribution < -0.4 is 0 Å². The van der Waals surface area contributed by atoms with Crippen molar-refractivity contribution in [3.63, 3.8) is 0 Å². The molecule has 1 fully saturated rings. The molecule has 0 N–H and O–H groups in total. The van der Waals surface area contributed by atoms with E-state index in [2.05, 4.69) is 37.5 Å². The van der Waals surface area contributed by atoms with Gasteiger partial charge in [0, 0.05) is 32.0 Å². The van der Waals surface area contributed by atoms with Crippen LogP contribution in [0, 0.1) is 0 Å². The van der Waals surface area contributed by atoms with Crippen LogP contribution in [0.2, 0.25) is 0 Å². The summed E-state index contributed by atoms with van der Waals surface area (Å²) >= 11 is 1.74. The zero-order chi connectivity index (χ0) is 17.5. The van der Waals surface area contributed by atoms with Crippen LogP contribution in [0.3, 0.4) is 0 Å². The van der Waals surface area contributed by atoms with Gasteiger partial charge in [0.2, 0.25) is 0 Å². The molecule has 2 aliphatic heterocycles. The van der Waals surface area contributed by atoms with Gasteiger partial charge >= 0.3 is 0 Å². The fourth-order valence-corrected chi connectivity index (χ4v) is 4.87. The number of carbonyl (C=O) groups is 1. The van der Waals surface area contributed by atoms with Gasteiger partial charge in [-0.2, -0.15) is 11.3 Å². The lowest BCUT2D eigenvalue weighted by Gasteiger charge is -2.38.